The van der Waals surface area contributed by atoms with Crippen molar-refractivity contribution in [1.82, 2.24) is 24.8 Å². The summed E-state index contributed by atoms with van der Waals surface area (Å²) in [7, 11) is 1.93. The second-order valence-electron chi connectivity index (χ2n) is 6.11. The minimum Gasteiger partial charge on any atom is -0.370 e. The summed E-state index contributed by atoms with van der Waals surface area (Å²) < 4.78 is 45.4. The van der Waals surface area contributed by atoms with E-state index in [-0.39, 0.29) is 12.0 Å². The van der Waals surface area contributed by atoms with Crippen molar-refractivity contribution in [3.63, 3.8) is 0 Å². The summed E-state index contributed by atoms with van der Waals surface area (Å²) in [6.45, 7) is 1.67. The average molecular weight is 355 g/mol. The highest BCUT2D eigenvalue weighted by Gasteiger charge is 2.32. The van der Waals surface area contributed by atoms with E-state index >= 15 is 0 Å². The first-order chi connectivity index (χ1) is 11.9. The van der Waals surface area contributed by atoms with Gasteiger partial charge in [0.1, 0.15) is 17.8 Å². The lowest BCUT2D eigenvalue weighted by Crippen LogP contribution is -2.33. The normalized spacial score (nSPS) is 21.4. The molecule has 9 heteroatoms. The Morgan fingerprint density at radius 2 is 2.04 bits per heavy atom. The number of rotatable bonds is 5. The Balaban J connectivity index is 1.56. The number of nitrogens with zero attached hydrogens (tertiary/aromatic N) is 4. The molecule has 0 spiro atoms. The second-order valence-corrected chi connectivity index (χ2v) is 6.11. The molecule has 3 rings (SSSR count). The Hall–Kier alpha value is -2.00. The fourth-order valence-corrected chi connectivity index (χ4v) is 2.95. The number of halogens is 3. The van der Waals surface area contributed by atoms with E-state index in [1.165, 1.54) is 0 Å². The summed E-state index contributed by atoms with van der Waals surface area (Å²) in [5, 5.41) is 3.22. The van der Waals surface area contributed by atoms with E-state index in [4.69, 9.17) is 4.74 Å². The molecule has 6 nitrogen and oxygen atoms in total. The first kappa shape index (κ1) is 17.8. The van der Waals surface area contributed by atoms with Crippen LogP contribution >= 0.6 is 0 Å². The third kappa shape index (κ3) is 4.35. The molecule has 0 aliphatic carbocycles. The molecule has 1 fully saturated rings. The van der Waals surface area contributed by atoms with Gasteiger partial charge in [0.15, 0.2) is 0 Å². The van der Waals surface area contributed by atoms with Gasteiger partial charge in [-0.3, -0.25) is 0 Å². The zero-order valence-electron chi connectivity index (χ0n) is 13.8. The fraction of sp³-hybridized carbons (Fsp3) is 0.562. The molecule has 1 aliphatic rings. The monoisotopic (exact) mass is 355 g/mol. The zero-order valence-corrected chi connectivity index (χ0v) is 13.8. The van der Waals surface area contributed by atoms with Crippen molar-refractivity contribution in [2.45, 2.75) is 31.7 Å². The van der Waals surface area contributed by atoms with Gasteiger partial charge >= 0.3 is 6.18 Å². The molecule has 136 valence electrons. The first-order valence-corrected chi connectivity index (χ1v) is 8.13. The lowest BCUT2D eigenvalue weighted by molar-refractivity contribution is -0.138. The minimum atomic E-state index is -4.42. The van der Waals surface area contributed by atoms with Gasteiger partial charge in [-0.2, -0.15) is 13.2 Å². The largest absolute Gasteiger partial charge is 0.419 e. The van der Waals surface area contributed by atoms with E-state index in [1.807, 2.05) is 17.8 Å². The van der Waals surface area contributed by atoms with Crippen LogP contribution in [0.5, 0.6) is 0 Å². The molecule has 0 aromatic carbocycles. The van der Waals surface area contributed by atoms with Crippen molar-refractivity contribution in [2.24, 2.45) is 13.0 Å². The predicted molar refractivity (Wildman–Crippen MR) is 83.4 cm³/mol. The van der Waals surface area contributed by atoms with Crippen molar-refractivity contribution in [2.75, 3.05) is 13.2 Å². The zero-order chi connectivity index (χ0) is 17.9. The van der Waals surface area contributed by atoms with Gasteiger partial charge in [-0.25, -0.2) is 15.0 Å². The molecule has 2 aromatic rings. The number of ether oxygens (including phenoxy) is 1. The smallest absolute Gasteiger partial charge is 0.370 e. The molecule has 0 saturated carbocycles. The first-order valence-electron chi connectivity index (χ1n) is 8.13. The van der Waals surface area contributed by atoms with Crippen LogP contribution in [0, 0.1) is 5.92 Å². The van der Waals surface area contributed by atoms with Gasteiger partial charge < -0.3 is 14.6 Å². The van der Waals surface area contributed by atoms with Gasteiger partial charge in [0, 0.05) is 50.9 Å². The quantitative estimate of drug-likeness (QED) is 0.893. The van der Waals surface area contributed by atoms with Crippen LogP contribution in [0.25, 0.3) is 0 Å². The minimum absolute atomic E-state index is 0.0882. The van der Waals surface area contributed by atoms with Gasteiger partial charge in [0.05, 0.1) is 12.1 Å². The molecule has 1 N–H and O–H groups in total. The Bertz CT molecular complexity index is 686. The van der Waals surface area contributed by atoms with Crippen LogP contribution in [0.15, 0.2) is 24.8 Å². The van der Waals surface area contributed by atoms with Crippen molar-refractivity contribution in [1.29, 1.82) is 0 Å². The maximum atomic E-state index is 12.5. The van der Waals surface area contributed by atoms with Crippen LogP contribution < -0.4 is 5.32 Å². The molecular formula is C16H20F3N5O. The van der Waals surface area contributed by atoms with Crippen LogP contribution in [0.4, 0.5) is 13.2 Å². The Labute approximate surface area is 143 Å². The third-order valence-corrected chi connectivity index (χ3v) is 4.28. The molecular weight excluding hydrogens is 335 g/mol. The van der Waals surface area contributed by atoms with Crippen LogP contribution in [0.1, 0.15) is 36.2 Å². The highest BCUT2D eigenvalue weighted by molar-refractivity contribution is 5.09. The predicted octanol–water partition coefficient (Wildman–Crippen LogP) is 2.49. The molecule has 2 atom stereocenters. The summed E-state index contributed by atoms with van der Waals surface area (Å²) in [6.07, 6.45) is 2.72. The maximum absolute atomic E-state index is 12.5. The summed E-state index contributed by atoms with van der Waals surface area (Å²) >= 11 is 0. The van der Waals surface area contributed by atoms with E-state index in [1.54, 1.807) is 6.20 Å². The standard InChI is InChI=1S/C16H20F3N5O/c1-24-5-4-21-15(24)14-11(3-2-6-25-14)7-20-10-13-22-8-12(9-23-13)16(17,18)19/h4-5,8-9,11,14,20H,2-3,6-7,10H2,1H3/t11-,14+/m0/s1. The van der Waals surface area contributed by atoms with Crippen LogP contribution in [-0.2, 0) is 24.5 Å². The molecule has 0 radical (unpaired) electrons. The number of hydrogen-bond donors (Lipinski definition) is 1. The van der Waals surface area contributed by atoms with Gasteiger partial charge in [-0.15, -0.1) is 0 Å². The van der Waals surface area contributed by atoms with Gasteiger partial charge in [-0.05, 0) is 12.8 Å². The van der Waals surface area contributed by atoms with Crippen LogP contribution in [-0.4, -0.2) is 32.7 Å². The molecule has 3 heterocycles. The van der Waals surface area contributed by atoms with E-state index in [9.17, 15) is 13.2 Å². The fourth-order valence-electron chi connectivity index (χ4n) is 2.95. The van der Waals surface area contributed by atoms with Crippen molar-refractivity contribution >= 4 is 0 Å². The summed E-state index contributed by atoms with van der Waals surface area (Å²) in [4.78, 5) is 11.9. The number of nitrogens with one attached hydrogen (secondary N) is 1. The Morgan fingerprint density at radius 3 is 2.68 bits per heavy atom. The molecule has 2 aromatic heterocycles. The number of aryl methyl sites for hydroxylation is 1. The number of imidazole rings is 1. The highest BCUT2D eigenvalue weighted by Crippen LogP contribution is 2.32. The number of alkyl halides is 3. The Kier molecular flexibility index (Phi) is 5.33. The van der Waals surface area contributed by atoms with Crippen LogP contribution in [0.3, 0.4) is 0 Å². The van der Waals surface area contributed by atoms with Crippen molar-refractivity contribution < 1.29 is 17.9 Å². The Morgan fingerprint density at radius 1 is 1.28 bits per heavy atom. The lowest BCUT2D eigenvalue weighted by Gasteiger charge is -2.31. The van der Waals surface area contributed by atoms with Crippen LogP contribution in [0.2, 0.25) is 0 Å². The highest BCUT2D eigenvalue weighted by atomic mass is 19.4. The number of aromatic nitrogens is 4. The average Bonchev–Trinajstić information content (AvgIpc) is 3.01. The van der Waals surface area contributed by atoms with E-state index in [0.29, 0.717) is 25.5 Å². The topological polar surface area (TPSA) is 64.9 Å². The second kappa shape index (κ2) is 7.49. The van der Waals surface area contributed by atoms with E-state index in [0.717, 1.165) is 31.1 Å². The molecule has 1 aliphatic heterocycles. The summed E-state index contributed by atoms with van der Waals surface area (Å²) in [5.74, 6) is 1.46. The van der Waals surface area contributed by atoms with Gasteiger partial charge in [0.25, 0.3) is 0 Å². The van der Waals surface area contributed by atoms with Gasteiger partial charge in [-0.1, -0.05) is 0 Å². The molecule has 25 heavy (non-hydrogen) atoms. The van der Waals surface area contributed by atoms with E-state index in [2.05, 4.69) is 20.3 Å². The summed E-state index contributed by atoms with van der Waals surface area (Å²) in [6, 6.07) is 0. The maximum Gasteiger partial charge on any atom is 0.419 e. The lowest BCUT2D eigenvalue weighted by atomic mass is 9.93. The third-order valence-electron chi connectivity index (χ3n) is 4.28. The molecule has 0 bridgehead atoms. The van der Waals surface area contributed by atoms with E-state index < -0.39 is 11.7 Å². The summed E-state index contributed by atoms with van der Waals surface area (Å²) in [5.41, 5.74) is -0.841. The molecule has 0 amide bonds. The molecule has 0 unspecified atom stereocenters. The number of hydrogen-bond acceptors (Lipinski definition) is 5. The molecule has 1 saturated heterocycles. The van der Waals surface area contributed by atoms with Gasteiger partial charge in [0.2, 0.25) is 0 Å². The SMILES string of the molecule is Cn1ccnc1[C@@H]1OCCC[C@H]1CNCc1ncc(C(F)(F)F)cn1. The van der Waals surface area contributed by atoms with Crippen molar-refractivity contribution in [3.05, 3.63) is 42.0 Å². The van der Waals surface area contributed by atoms with Crippen molar-refractivity contribution in [3.8, 4) is 0 Å².